The zero-order valence-electron chi connectivity index (χ0n) is 8.74. The smallest absolute Gasteiger partial charge is 0.231 e. The third kappa shape index (κ3) is 1.30. The van der Waals surface area contributed by atoms with Gasteiger partial charge in [-0.15, -0.1) is 11.3 Å². The summed E-state index contributed by atoms with van der Waals surface area (Å²) in [5, 5.41) is 1.26. The first-order valence-electron chi connectivity index (χ1n) is 5.08. The maximum absolute atomic E-state index is 5.49. The second-order valence-corrected chi connectivity index (χ2v) is 5.10. The van der Waals surface area contributed by atoms with Gasteiger partial charge in [-0.1, -0.05) is 13.8 Å². The van der Waals surface area contributed by atoms with Crippen molar-refractivity contribution in [2.45, 2.75) is 19.8 Å². The molecule has 3 rings (SSSR count). The molecular weight excluding hydrogens is 208 g/mol. The number of thiophene rings is 1. The Labute approximate surface area is 92.4 Å². The molecule has 0 spiro atoms. The highest BCUT2D eigenvalue weighted by Gasteiger charge is 2.18. The van der Waals surface area contributed by atoms with E-state index in [2.05, 4.69) is 26.0 Å². The lowest BCUT2D eigenvalue weighted by Crippen LogP contribution is -1.92. The highest BCUT2D eigenvalue weighted by Crippen LogP contribution is 2.44. The van der Waals surface area contributed by atoms with Crippen LogP contribution in [-0.2, 0) is 0 Å². The number of ether oxygens (including phenoxy) is 2. The van der Waals surface area contributed by atoms with Crippen molar-refractivity contribution in [2.75, 3.05) is 6.79 Å². The molecule has 2 aromatic rings. The van der Waals surface area contributed by atoms with E-state index in [0.29, 0.717) is 12.7 Å². The van der Waals surface area contributed by atoms with Gasteiger partial charge in [0.15, 0.2) is 11.5 Å². The molecule has 0 radical (unpaired) electrons. The quantitative estimate of drug-likeness (QED) is 0.728. The van der Waals surface area contributed by atoms with Crippen LogP contribution in [0.2, 0.25) is 0 Å². The van der Waals surface area contributed by atoms with Crippen molar-refractivity contribution < 1.29 is 9.47 Å². The Morgan fingerprint density at radius 2 is 2.13 bits per heavy atom. The highest BCUT2D eigenvalue weighted by molar-refractivity contribution is 7.19. The van der Waals surface area contributed by atoms with Crippen LogP contribution in [0.4, 0.5) is 0 Å². The molecule has 2 nitrogen and oxygen atoms in total. The highest BCUT2D eigenvalue weighted by atomic mass is 32.1. The molecule has 3 heteroatoms. The third-order valence-electron chi connectivity index (χ3n) is 2.61. The van der Waals surface area contributed by atoms with Gasteiger partial charge in [0.1, 0.15) is 0 Å². The van der Waals surface area contributed by atoms with Gasteiger partial charge in [0.05, 0.1) is 4.70 Å². The molecule has 0 bridgehead atoms. The molecule has 1 aliphatic rings. The average molecular weight is 220 g/mol. The minimum atomic E-state index is 0.351. The second-order valence-electron chi connectivity index (χ2n) is 4.02. The zero-order chi connectivity index (χ0) is 10.4. The van der Waals surface area contributed by atoms with Crippen LogP contribution in [0.3, 0.4) is 0 Å². The number of fused-ring (bicyclic) bond motifs is 3. The van der Waals surface area contributed by atoms with E-state index in [1.807, 2.05) is 6.07 Å². The molecule has 0 amide bonds. The molecule has 0 unspecified atom stereocenters. The fourth-order valence-electron chi connectivity index (χ4n) is 1.77. The Balaban J connectivity index is 2.27. The standard InChI is InChI=1S/C12H12O2S/c1-7(2)10-5-8-3-4-9-11(12(8)15-10)14-6-13-9/h3-5,7H,6H2,1-2H3. The Hall–Kier alpha value is -1.22. The topological polar surface area (TPSA) is 18.5 Å². The van der Waals surface area contributed by atoms with Crippen molar-refractivity contribution in [1.82, 2.24) is 0 Å². The van der Waals surface area contributed by atoms with E-state index in [9.17, 15) is 0 Å². The predicted octanol–water partition coefficient (Wildman–Crippen LogP) is 3.75. The van der Waals surface area contributed by atoms with E-state index < -0.39 is 0 Å². The fraction of sp³-hybridized carbons (Fsp3) is 0.333. The average Bonchev–Trinajstić information content (AvgIpc) is 2.82. The molecule has 0 saturated carbocycles. The van der Waals surface area contributed by atoms with E-state index in [1.165, 1.54) is 15.0 Å². The molecule has 1 aromatic carbocycles. The van der Waals surface area contributed by atoms with E-state index in [0.717, 1.165) is 11.5 Å². The Bertz CT molecular complexity index is 514. The number of hydrogen-bond acceptors (Lipinski definition) is 3. The van der Waals surface area contributed by atoms with Gasteiger partial charge in [0, 0.05) is 4.88 Å². The SMILES string of the molecule is CC(C)c1cc2ccc3c(c2s1)OCO3. The predicted molar refractivity (Wildman–Crippen MR) is 62.0 cm³/mol. The van der Waals surface area contributed by atoms with Crippen LogP contribution in [0.5, 0.6) is 11.5 Å². The van der Waals surface area contributed by atoms with Crippen LogP contribution in [0.1, 0.15) is 24.6 Å². The van der Waals surface area contributed by atoms with Crippen LogP contribution in [0.15, 0.2) is 18.2 Å². The lowest BCUT2D eigenvalue weighted by molar-refractivity contribution is 0.175. The van der Waals surface area contributed by atoms with Crippen LogP contribution in [-0.4, -0.2) is 6.79 Å². The van der Waals surface area contributed by atoms with Crippen molar-refractivity contribution in [3.8, 4) is 11.5 Å². The largest absolute Gasteiger partial charge is 0.454 e. The summed E-state index contributed by atoms with van der Waals surface area (Å²) in [6.07, 6.45) is 0. The summed E-state index contributed by atoms with van der Waals surface area (Å²) in [6.45, 7) is 4.77. The Kier molecular flexibility index (Phi) is 1.89. The van der Waals surface area contributed by atoms with Gasteiger partial charge >= 0.3 is 0 Å². The summed E-state index contributed by atoms with van der Waals surface area (Å²) in [6, 6.07) is 6.33. The van der Waals surface area contributed by atoms with Crippen LogP contribution >= 0.6 is 11.3 Å². The van der Waals surface area contributed by atoms with E-state index in [1.54, 1.807) is 11.3 Å². The number of benzene rings is 1. The van der Waals surface area contributed by atoms with E-state index in [-0.39, 0.29) is 0 Å². The van der Waals surface area contributed by atoms with E-state index >= 15 is 0 Å². The lowest BCUT2D eigenvalue weighted by Gasteiger charge is -1.97. The van der Waals surface area contributed by atoms with Gasteiger partial charge in [-0.25, -0.2) is 0 Å². The Morgan fingerprint density at radius 3 is 2.93 bits per heavy atom. The van der Waals surface area contributed by atoms with Crippen molar-refractivity contribution >= 4 is 21.4 Å². The molecule has 1 aliphatic heterocycles. The molecule has 15 heavy (non-hydrogen) atoms. The van der Waals surface area contributed by atoms with Gasteiger partial charge in [-0.05, 0) is 29.5 Å². The molecule has 0 aliphatic carbocycles. The third-order valence-corrected chi connectivity index (χ3v) is 4.06. The first-order valence-corrected chi connectivity index (χ1v) is 5.89. The lowest BCUT2D eigenvalue weighted by atomic mass is 10.1. The molecule has 0 saturated heterocycles. The van der Waals surface area contributed by atoms with Crippen molar-refractivity contribution in [3.63, 3.8) is 0 Å². The number of hydrogen-bond donors (Lipinski definition) is 0. The summed E-state index contributed by atoms with van der Waals surface area (Å²) in [5.74, 6) is 2.37. The van der Waals surface area contributed by atoms with Crippen LogP contribution in [0.25, 0.3) is 10.1 Å². The summed E-state index contributed by atoms with van der Waals surface area (Å²) in [5.41, 5.74) is 0. The molecule has 1 aromatic heterocycles. The summed E-state index contributed by atoms with van der Waals surface area (Å²) < 4.78 is 12.1. The van der Waals surface area contributed by atoms with Crippen LogP contribution < -0.4 is 9.47 Å². The van der Waals surface area contributed by atoms with Gasteiger partial charge in [-0.2, -0.15) is 0 Å². The molecule has 0 atom stereocenters. The second kappa shape index (κ2) is 3.14. The minimum Gasteiger partial charge on any atom is -0.454 e. The summed E-state index contributed by atoms with van der Waals surface area (Å²) in [7, 11) is 0. The Morgan fingerprint density at radius 1 is 1.27 bits per heavy atom. The monoisotopic (exact) mass is 220 g/mol. The molecular formula is C12H12O2S. The van der Waals surface area contributed by atoms with E-state index in [4.69, 9.17) is 9.47 Å². The van der Waals surface area contributed by atoms with Gasteiger partial charge < -0.3 is 9.47 Å². The van der Waals surface area contributed by atoms with Gasteiger partial charge in [0.2, 0.25) is 6.79 Å². The summed E-state index contributed by atoms with van der Waals surface area (Å²) >= 11 is 1.81. The maximum atomic E-state index is 5.49. The molecule has 2 heterocycles. The maximum Gasteiger partial charge on any atom is 0.231 e. The first-order chi connectivity index (χ1) is 7.25. The van der Waals surface area contributed by atoms with Crippen molar-refractivity contribution in [3.05, 3.63) is 23.1 Å². The van der Waals surface area contributed by atoms with Crippen molar-refractivity contribution in [1.29, 1.82) is 0 Å². The van der Waals surface area contributed by atoms with Gasteiger partial charge in [-0.3, -0.25) is 0 Å². The number of rotatable bonds is 1. The summed E-state index contributed by atoms with van der Waals surface area (Å²) in [4.78, 5) is 1.40. The normalized spacial score (nSPS) is 14.1. The minimum absolute atomic E-state index is 0.351. The molecule has 78 valence electrons. The zero-order valence-corrected chi connectivity index (χ0v) is 9.56. The van der Waals surface area contributed by atoms with Gasteiger partial charge in [0.25, 0.3) is 0 Å². The molecule has 0 fully saturated rings. The first kappa shape index (κ1) is 9.04. The van der Waals surface area contributed by atoms with Crippen molar-refractivity contribution in [2.24, 2.45) is 0 Å². The molecule has 0 N–H and O–H groups in total. The fourth-order valence-corrected chi connectivity index (χ4v) is 2.92. The van der Waals surface area contributed by atoms with Crippen LogP contribution in [0, 0.1) is 0 Å².